The highest BCUT2D eigenvalue weighted by Gasteiger charge is 2.04. The van der Waals surface area contributed by atoms with E-state index < -0.39 is 0 Å². The first-order chi connectivity index (χ1) is 7.71. The van der Waals surface area contributed by atoms with E-state index in [0.29, 0.717) is 0 Å². The molecule has 0 aliphatic carbocycles. The van der Waals surface area contributed by atoms with Crippen LogP contribution in [0.4, 0.5) is 0 Å². The molecule has 0 radical (unpaired) electrons. The van der Waals surface area contributed by atoms with E-state index in [1.165, 1.54) is 5.56 Å². The predicted octanol–water partition coefficient (Wildman–Crippen LogP) is 2.18. The molecule has 0 bridgehead atoms. The lowest BCUT2D eigenvalue weighted by Gasteiger charge is -2.09. The second kappa shape index (κ2) is 6.33. The number of benzene rings is 1. The molecule has 1 rings (SSSR count). The van der Waals surface area contributed by atoms with Gasteiger partial charge in [0, 0.05) is 13.5 Å². The fraction of sp³-hybridized carbons (Fsp3) is 0.417. The van der Waals surface area contributed by atoms with Gasteiger partial charge < -0.3 is 14.8 Å². The summed E-state index contributed by atoms with van der Waals surface area (Å²) in [5, 5.41) is 2.96. The molecule has 0 atom stereocenters. The van der Waals surface area contributed by atoms with E-state index in [4.69, 9.17) is 21.7 Å². The number of hydrogen-bond donors (Lipinski definition) is 1. The van der Waals surface area contributed by atoms with Crippen LogP contribution in [-0.2, 0) is 6.42 Å². The first-order valence-electron chi connectivity index (χ1n) is 5.12. The predicted molar refractivity (Wildman–Crippen MR) is 69.5 cm³/mol. The number of nitrogens with one attached hydrogen (secondary N) is 1. The van der Waals surface area contributed by atoms with Gasteiger partial charge in [0.25, 0.3) is 0 Å². The van der Waals surface area contributed by atoms with Crippen molar-refractivity contribution in [1.82, 2.24) is 5.32 Å². The van der Waals surface area contributed by atoms with Gasteiger partial charge in [-0.15, -0.1) is 0 Å². The van der Waals surface area contributed by atoms with E-state index in [9.17, 15) is 0 Å². The van der Waals surface area contributed by atoms with Gasteiger partial charge in [0.15, 0.2) is 11.5 Å². The number of rotatable bonds is 5. The molecule has 0 spiro atoms. The van der Waals surface area contributed by atoms with E-state index in [2.05, 4.69) is 5.32 Å². The first-order valence-corrected chi connectivity index (χ1v) is 5.53. The number of aryl methyl sites for hydroxylation is 1. The van der Waals surface area contributed by atoms with Gasteiger partial charge in [0.05, 0.1) is 19.2 Å². The summed E-state index contributed by atoms with van der Waals surface area (Å²) in [4.78, 5) is 0.870. The van der Waals surface area contributed by atoms with Gasteiger partial charge in [-0.3, -0.25) is 0 Å². The third kappa shape index (κ3) is 3.38. The van der Waals surface area contributed by atoms with Crippen molar-refractivity contribution in [3.8, 4) is 11.5 Å². The Morgan fingerprint density at radius 1 is 1.25 bits per heavy atom. The molecule has 0 saturated heterocycles. The topological polar surface area (TPSA) is 30.5 Å². The second-order valence-corrected chi connectivity index (χ2v) is 3.86. The van der Waals surface area contributed by atoms with Crippen molar-refractivity contribution in [2.75, 3.05) is 21.3 Å². The van der Waals surface area contributed by atoms with Crippen molar-refractivity contribution in [3.63, 3.8) is 0 Å². The molecule has 0 fully saturated rings. The Hall–Kier alpha value is -1.29. The third-order valence-corrected chi connectivity index (χ3v) is 2.78. The van der Waals surface area contributed by atoms with Crippen molar-refractivity contribution in [2.45, 2.75) is 12.8 Å². The second-order valence-electron chi connectivity index (χ2n) is 3.36. The highest BCUT2D eigenvalue weighted by atomic mass is 32.1. The summed E-state index contributed by atoms with van der Waals surface area (Å²) in [6, 6.07) is 5.92. The minimum absolute atomic E-state index is 0.752. The Morgan fingerprint density at radius 3 is 2.50 bits per heavy atom. The van der Waals surface area contributed by atoms with Gasteiger partial charge in [-0.1, -0.05) is 18.3 Å². The quantitative estimate of drug-likeness (QED) is 0.798. The molecular weight excluding hydrogens is 222 g/mol. The summed E-state index contributed by atoms with van der Waals surface area (Å²) in [6.45, 7) is 0. The lowest BCUT2D eigenvalue weighted by Crippen LogP contribution is -2.15. The maximum absolute atomic E-state index is 5.24. The summed E-state index contributed by atoms with van der Waals surface area (Å²) >= 11 is 5.10. The van der Waals surface area contributed by atoms with Crippen LogP contribution in [0.2, 0.25) is 0 Å². The van der Waals surface area contributed by atoms with Gasteiger partial charge in [-0.2, -0.15) is 0 Å². The molecule has 1 aromatic carbocycles. The molecule has 16 heavy (non-hydrogen) atoms. The molecule has 0 amide bonds. The molecule has 1 aromatic rings. The summed E-state index contributed by atoms with van der Waals surface area (Å²) in [7, 11) is 5.12. The minimum Gasteiger partial charge on any atom is -0.493 e. The molecular formula is C12H17NO2S. The van der Waals surface area contributed by atoms with E-state index in [1.54, 1.807) is 14.2 Å². The average molecular weight is 239 g/mol. The lowest BCUT2D eigenvalue weighted by atomic mass is 10.1. The van der Waals surface area contributed by atoms with E-state index >= 15 is 0 Å². The Morgan fingerprint density at radius 2 is 1.94 bits per heavy atom. The molecule has 0 aliphatic rings. The monoisotopic (exact) mass is 239 g/mol. The van der Waals surface area contributed by atoms with Crippen LogP contribution in [0.3, 0.4) is 0 Å². The molecule has 0 saturated carbocycles. The SMILES string of the molecule is CNC(=S)CCc1ccc(OC)c(OC)c1. The molecule has 0 aliphatic heterocycles. The highest BCUT2D eigenvalue weighted by Crippen LogP contribution is 2.27. The molecule has 0 unspecified atom stereocenters. The van der Waals surface area contributed by atoms with Crippen LogP contribution in [-0.4, -0.2) is 26.3 Å². The van der Waals surface area contributed by atoms with E-state index in [1.807, 2.05) is 25.2 Å². The van der Waals surface area contributed by atoms with Crippen LogP contribution in [0, 0.1) is 0 Å². The number of ether oxygens (including phenoxy) is 2. The van der Waals surface area contributed by atoms with Crippen LogP contribution < -0.4 is 14.8 Å². The number of hydrogen-bond acceptors (Lipinski definition) is 3. The van der Waals surface area contributed by atoms with Crippen molar-refractivity contribution >= 4 is 17.2 Å². The molecule has 3 nitrogen and oxygen atoms in total. The summed E-state index contributed by atoms with van der Waals surface area (Å²) in [5.41, 5.74) is 1.19. The van der Waals surface area contributed by atoms with Crippen LogP contribution >= 0.6 is 12.2 Å². The minimum atomic E-state index is 0.752. The third-order valence-electron chi connectivity index (χ3n) is 2.37. The normalized spacial score (nSPS) is 9.69. The fourth-order valence-electron chi connectivity index (χ4n) is 1.42. The van der Waals surface area contributed by atoms with E-state index in [-0.39, 0.29) is 0 Å². The summed E-state index contributed by atoms with van der Waals surface area (Å²) in [6.07, 6.45) is 1.75. The van der Waals surface area contributed by atoms with Crippen molar-refractivity contribution in [1.29, 1.82) is 0 Å². The van der Waals surface area contributed by atoms with Gasteiger partial charge in [0.1, 0.15) is 0 Å². The number of methoxy groups -OCH3 is 2. The standard InChI is InChI=1S/C12H17NO2S/c1-13-12(16)7-5-9-4-6-10(14-2)11(8-9)15-3/h4,6,8H,5,7H2,1-3H3,(H,13,16). The summed E-state index contributed by atoms with van der Waals surface area (Å²) in [5.74, 6) is 1.51. The zero-order valence-corrected chi connectivity index (χ0v) is 10.7. The fourth-order valence-corrected chi connectivity index (χ4v) is 1.52. The van der Waals surface area contributed by atoms with Crippen molar-refractivity contribution in [2.24, 2.45) is 0 Å². The summed E-state index contributed by atoms with van der Waals surface area (Å²) < 4.78 is 10.4. The average Bonchev–Trinajstić information content (AvgIpc) is 2.35. The zero-order chi connectivity index (χ0) is 12.0. The Kier molecular flexibility index (Phi) is 5.05. The number of thiocarbonyl (C=S) groups is 1. The molecule has 1 N–H and O–H groups in total. The van der Waals surface area contributed by atoms with Crippen molar-refractivity contribution < 1.29 is 9.47 Å². The van der Waals surface area contributed by atoms with Gasteiger partial charge >= 0.3 is 0 Å². The molecule has 4 heteroatoms. The first kappa shape index (κ1) is 12.8. The Bertz CT molecular complexity index is 366. The molecule has 0 aromatic heterocycles. The largest absolute Gasteiger partial charge is 0.493 e. The van der Waals surface area contributed by atoms with Gasteiger partial charge in [0.2, 0.25) is 0 Å². The van der Waals surface area contributed by atoms with Crippen molar-refractivity contribution in [3.05, 3.63) is 23.8 Å². The molecule has 0 heterocycles. The van der Waals surface area contributed by atoms with Crippen LogP contribution in [0.15, 0.2) is 18.2 Å². The lowest BCUT2D eigenvalue weighted by molar-refractivity contribution is 0.354. The van der Waals surface area contributed by atoms with E-state index in [0.717, 1.165) is 29.3 Å². The molecule has 88 valence electrons. The maximum atomic E-state index is 5.24. The zero-order valence-electron chi connectivity index (χ0n) is 9.87. The van der Waals surface area contributed by atoms with Crippen LogP contribution in [0.1, 0.15) is 12.0 Å². The van der Waals surface area contributed by atoms with Gasteiger partial charge in [-0.25, -0.2) is 0 Å². The van der Waals surface area contributed by atoms with Crippen LogP contribution in [0.5, 0.6) is 11.5 Å². The van der Waals surface area contributed by atoms with Crippen LogP contribution in [0.25, 0.3) is 0 Å². The van der Waals surface area contributed by atoms with Gasteiger partial charge in [-0.05, 0) is 24.1 Å². The maximum Gasteiger partial charge on any atom is 0.160 e. The Labute approximate surface area is 102 Å². The highest BCUT2D eigenvalue weighted by molar-refractivity contribution is 7.80. The smallest absolute Gasteiger partial charge is 0.160 e. The Balaban J connectivity index is 2.71.